The Morgan fingerprint density at radius 3 is 2.60 bits per heavy atom. The van der Waals surface area contributed by atoms with Crippen LogP contribution in [0.25, 0.3) is 0 Å². The van der Waals surface area contributed by atoms with E-state index < -0.39 is 5.56 Å². The minimum absolute atomic E-state index is 0.000670. The molecular formula is C16H17ClN4O4. The number of H-pyrrole nitrogens is 1. The third kappa shape index (κ3) is 4.08. The lowest BCUT2D eigenvalue weighted by Gasteiger charge is -2.31. The Bertz CT molecular complexity index is 801. The third-order valence-electron chi connectivity index (χ3n) is 3.95. The van der Waals surface area contributed by atoms with Crippen LogP contribution in [0.3, 0.4) is 0 Å². The number of nitrogens with zero attached hydrogens (tertiary/aromatic N) is 3. The van der Waals surface area contributed by atoms with E-state index in [-0.39, 0.29) is 23.0 Å². The normalized spacial score (nSPS) is 15.0. The minimum atomic E-state index is -0.412. The van der Waals surface area contributed by atoms with Crippen molar-refractivity contribution < 1.29 is 14.3 Å². The fraction of sp³-hybridized carbons (Fsp3) is 0.375. The Kier molecular flexibility index (Phi) is 5.18. The first-order valence-electron chi connectivity index (χ1n) is 7.77. The summed E-state index contributed by atoms with van der Waals surface area (Å²) in [6, 6.07) is 1.68. The Hall–Kier alpha value is -2.61. The van der Waals surface area contributed by atoms with Gasteiger partial charge in [-0.25, -0.2) is 0 Å². The number of amides is 1. The van der Waals surface area contributed by atoms with Gasteiger partial charge in [-0.3, -0.25) is 9.59 Å². The average molecular weight is 365 g/mol. The van der Waals surface area contributed by atoms with Crippen LogP contribution in [0.4, 0.5) is 0 Å². The van der Waals surface area contributed by atoms with E-state index in [2.05, 4.69) is 15.0 Å². The van der Waals surface area contributed by atoms with Crippen molar-refractivity contribution in [2.75, 3.05) is 20.2 Å². The third-order valence-corrected chi connectivity index (χ3v) is 4.23. The van der Waals surface area contributed by atoms with Gasteiger partial charge in [-0.05, 0) is 6.07 Å². The smallest absolute Gasteiger partial charge is 0.316 e. The van der Waals surface area contributed by atoms with Crippen LogP contribution < -0.4 is 15.0 Å². The van der Waals surface area contributed by atoms with Crippen molar-refractivity contribution >= 4 is 17.5 Å². The molecule has 0 atom stereocenters. The molecule has 1 aliphatic heterocycles. The van der Waals surface area contributed by atoms with Crippen molar-refractivity contribution in [3.8, 4) is 11.8 Å². The van der Waals surface area contributed by atoms with Crippen LogP contribution in [0.1, 0.15) is 23.2 Å². The topological polar surface area (TPSA) is 97.4 Å². The second kappa shape index (κ2) is 7.52. The molecular weight excluding hydrogens is 348 g/mol. The van der Waals surface area contributed by atoms with E-state index in [1.165, 1.54) is 12.3 Å². The average Bonchev–Trinajstić information content (AvgIpc) is 2.65. The number of hydrogen-bond donors (Lipinski definition) is 1. The molecule has 0 bridgehead atoms. The second-order valence-corrected chi connectivity index (χ2v) is 5.99. The quantitative estimate of drug-likeness (QED) is 0.883. The van der Waals surface area contributed by atoms with Gasteiger partial charge in [-0.1, -0.05) is 11.6 Å². The predicted octanol–water partition coefficient (Wildman–Crippen LogP) is 1.51. The van der Waals surface area contributed by atoms with Gasteiger partial charge >= 0.3 is 6.01 Å². The number of aromatic nitrogens is 3. The monoisotopic (exact) mass is 364 g/mol. The highest BCUT2D eigenvalue weighted by Gasteiger charge is 2.25. The summed E-state index contributed by atoms with van der Waals surface area (Å²) < 4.78 is 10.7. The molecule has 1 fully saturated rings. The number of likely N-dealkylation sites (tertiary alicyclic amines) is 1. The number of piperidine rings is 1. The molecule has 2 aromatic heterocycles. The summed E-state index contributed by atoms with van der Waals surface area (Å²) in [7, 11) is 1.54. The lowest BCUT2D eigenvalue weighted by molar-refractivity contribution is 0.0578. The first-order chi connectivity index (χ1) is 12.1. The maximum Gasteiger partial charge on any atom is 0.316 e. The lowest BCUT2D eigenvalue weighted by Crippen LogP contribution is -2.42. The largest absolute Gasteiger partial charge is 0.494 e. The van der Waals surface area contributed by atoms with Crippen molar-refractivity contribution in [1.29, 1.82) is 0 Å². The van der Waals surface area contributed by atoms with Crippen LogP contribution in [-0.2, 0) is 0 Å². The molecule has 1 saturated heterocycles. The molecule has 0 unspecified atom stereocenters. The van der Waals surface area contributed by atoms with Crippen molar-refractivity contribution in [2.45, 2.75) is 18.9 Å². The Morgan fingerprint density at radius 2 is 2.00 bits per heavy atom. The second-order valence-electron chi connectivity index (χ2n) is 5.58. The van der Waals surface area contributed by atoms with Gasteiger partial charge in [0.05, 0.1) is 25.1 Å². The molecule has 9 heteroatoms. The summed E-state index contributed by atoms with van der Waals surface area (Å²) in [5, 5.41) is 0.000670. The van der Waals surface area contributed by atoms with Crippen molar-refractivity contribution in [2.24, 2.45) is 0 Å². The summed E-state index contributed by atoms with van der Waals surface area (Å²) in [6.07, 6.45) is 5.74. The summed E-state index contributed by atoms with van der Waals surface area (Å²) in [6.45, 7) is 1.08. The van der Waals surface area contributed by atoms with E-state index in [0.29, 0.717) is 37.2 Å². The van der Waals surface area contributed by atoms with Crippen LogP contribution in [0, 0.1) is 0 Å². The van der Waals surface area contributed by atoms with Gasteiger partial charge in [0.1, 0.15) is 11.1 Å². The fourth-order valence-electron chi connectivity index (χ4n) is 2.56. The molecule has 0 spiro atoms. The number of halogens is 1. The van der Waals surface area contributed by atoms with Crippen LogP contribution in [-0.4, -0.2) is 52.1 Å². The molecule has 0 saturated carbocycles. The zero-order chi connectivity index (χ0) is 17.8. The molecule has 1 amide bonds. The fourth-order valence-corrected chi connectivity index (χ4v) is 2.73. The molecule has 0 aromatic carbocycles. The SMILES string of the molecule is COc1cnc(OC2CCN(C(=O)c3c[nH]c(=O)c(Cl)c3)CC2)nc1. The van der Waals surface area contributed by atoms with Crippen molar-refractivity contribution in [3.05, 3.63) is 45.6 Å². The highest BCUT2D eigenvalue weighted by atomic mass is 35.5. The van der Waals surface area contributed by atoms with E-state index in [1.807, 2.05) is 0 Å². The van der Waals surface area contributed by atoms with E-state index in [0.717, 1.165) is 0 Å². The zero-order valence-electron chi connectivity index (χ0n) is 13.6. The number of nitrogens with one attached hydrogen (secondary N) is 1. The van der Waals surface area contributed by atoms with Gasteiger partial charge in [0.2, 0.25) is 0 Å². The Morgan fingerprint density at radius 1 is 1.32 bits per heavy atom. The standard InChI is InChI=1S/C16H17ClN4O4/c1-24-12-8-19-16(20-9-12)25-11-2-4-21(5-3-11)15(23)10-6-13(17)14(22)18-7-10/h6-9,11H,2-5H2,1H3,(H,18,22). The number of carbonyl (C=O) groups is 1. The maximum absolute atomic E-state index is 12.5. The van der Waals surface area contributed by atoms with Crippen LogP contribution in [0.15, 0.2) is 29.5 Å². The van der Waals surface area contributed by atoms with Gasteiger partial charge in [0, 0.05) is 32.1 Å². The lowest BCUT2D eigenvalue weighted by atomic mass is 10.1. The zero-order valence-corrected chi connectivity index (χ0v) is 14.3. The molecule has 1 N–H and O–H groups in total. The number of rotatable bonds is 4. The number of ether oxygens (including phenoxy) is 2. The first-order valence-corrected chi connectivity index (χ1v) is 8.15. The van der Waals surface area contributed by atoms with Gasteiger partial charge in [0.15, 0.2) is 5.75 Å². The molecule has 2 aromatic rings. The molecule has 132 valence electrons. The van der Waals surface area contributed by atoms with Crippen LogP contribution in [0.2, 0.25) is 5.02 Å². The van der Waals surface area contributed by atoms with Crippen molar-refractivity contribution in [1.82, 2.24) is 19.9 Å². The van der Waals surface area contributed by atoms with Gasteiger partial charge < -0.3 is 19.4 Å². The van der Waals surface area contributed by atoms with E-state index in [1.54, 1.807) is 24.4 Å². The molecule has 0 aliphatic carbocycles. The van der Waals surface area contributed by atoms with E-state index in [9.17, 15) is 9.59 Å². The summed E-state index contributed by atoms with van der Waals surface area (Å²) in [4.78, 5) is 36.1. The van der Waals surface area contributed by atoms with Gasteiger partial charge in [-0.2, -0.15) is 9.97 Å². The van der Waals surface area contributed by atoms with E-state index >= 15 is 0 Å². The molecule has 8 nitrogen and oxygen atoms in total. The van der Waals surface area contributed by atoms with Crippen LogP contribution >= 0.6 is 11.6 Å². The molecule has 3 rings (SSSR count). The Balaban J connectivity index is 1.56. The Labute approximate surface area is 148 Å². The summed E-state index contributed by atoms with van der Waals surface area (Å²) in [5.41, 5.74) is -0.0488. The van der Waals surface area contributed by atoms with E-state index in [4.69, 9.17) is 21.1 Å². The van der Waals surface area contributed by atoms with Gasteiger partial charge in [0.25, 0.3) is 11.5 Å². The minimum Gasteiger partial charge on any atom is -0.494 e. The number of carbonyl (C=O) groups excluding carboxylic acids is 1. The maximum atomic E-state index is 12.5. The number of pyridine rings is 1. The molecule has 3 heterocycles. The first kappa shape index (κ1) is 17.2. The predicted molar refractivity (Wildman–Crippen MR) is 90.2 cm³/mol. The molecule has 0 radical (unpaired) electrons. The highest BCUT2D eigenvalue weighted by molar-refractivity contribution is 6.30. The summed E-state index contributed by atoms with van der Waals surface area (Å²) in [5.74, 6) is 0.393. The number of aromatic amines is 1. The number of hydrogen-bond acceptors (Lipinski definition) is 6. The molecule has 1 aliphatic rings. The molecule has 25 heavy (non-hydrogen) atoms. The highest BCUT2D eigenvalue weighted by Crippen LogP contribution is 2.19. The number of methoxy groups -OCH3 is 1. The van der Waals surface area contributed by atoms with Crippen LogP contribution in [0.5, 0.6) is 11.8 Å². The summed E-state index contributed by atoms with van der Waals surface area (Å²) >= 11 is 5.77. The van der Waals surface area contributed by atoms with Crippen molar-refractivity contribution in [3.63, 3.8) is 0 Å². The van der Waals surface area contributed by atoms with Gasteiger partial charge in [-0.15, -0.1) is 0 Å².